The number of ether oxygens (including phenoxy) is 1. The molecule has 2 atom stereocenters. The zero-order valence-electron chi connectivity index (χ0n) is 10.1. The number of aliphatic hydroxyl groups is 1. The third-order valence-corrected chi connectivity index (χ3v) is 3.24. The first-order valence-corrected chi connectivity index (χ1v) is 5.94. The standard InChI is InChI=1S/C13H16FNO3/c1-18-12-6-5-8(7-10(12)14)15-13(17)9-3-2-4-11(9)16/h5-7,9,11,16H,2-4H2,1H3,(H,15,17). The highest BCUT2D eigenvalue weighted by Gasteiger charge is 2.31. The topological polar surface area (TPSA) is 58.6 Å². The van der Waals surface area contributed by atoms with Gasteiger partial charge in [0.15, 0.2) is 11.6 Å². The van der Waals surface area contributed by atoms with Crippen LogP contribution in [0.3, 0.4) is 0 Å². The average molecular weight is 253 g/mol. The van der Waals surface area contributed by atoms with Crippen molar-refractivity contribution in [2.24, 2.45) is 5.92 Å². The second kappa shape index (κ2) is 5.35. The predicted octanol–water partition coefficient (Wildman–Crippen LogP) is 1.93. The minimum atomic E-state index is -0.590. The van der Waals surface area contributed by atoms with Gasteiger partial charge in [0.25, 0.3) is 0 Å². The van der Waals surface area contributed by atoms with Gasteiger partial charge in [-0.1, -0.05) is 0 Å². The van der Waals surface area contributed by atoms with E-state index in [2.05, 4.69) is 5.32 Å². The fourth-order valence-corrected chi connectivity index (χ4v) is 2.23. The van der Waals surface area contributed by atoms with E-state index in [1.165, 1.54) is 19.2 Å². The van der Waals surface area contributed by atoms with E-state index in [0.29, 0.717) is 18.5 Å². The summed E-state index contributed by atoms with van der Waals surface area (Å²) in [4.78, 5) is 11.9. The van der Waals surface area contributed by atoms with E-state index < -0.39 is 17.8 Å². The van der Waals surface area contributed by atoms with Crippen LogP contribution < -0.4 is 10.1 Å². The first-order chi connectivity index (χ1) is 8.61. The fourth-order valence-electron chi connectivity index (χ4n) is 2.23. The summed E-state index contributed by atoms with van der Waals surface area (Å²) >= 11 is 0. The number of amides is 1. The van der Waals surface area contributed by atoms with Crippen LogP contribution in [0.4, 0.5) is 10.1 Å². The van der Waals surface area contributed by atoms with Gasteiger partial charge in [0.2, 0.25) is 5.91 Å². The molecule has 4 nitrogen and oxygen atoms in total. The molecule has 2 rings (SSSR count). The quantitative estimate of drug-likeness (QED) is 0.865. The van der Waals surface area contributed by atoms with E-state index in [-0.39, 0.29) is 11.7 Å². The molecule has 1 aliphatic carbocycles. The van der Waals surface area contributed by atoms with Crippen molar-refractivity contribution in [1.29, 1.82) is 0 Å². The minimum Gasteiger partial charge on any atom is -0.494 e. The third-order valence-electron chi connectivity index (χ3n) is 3.24. The van der Waals surface area contributed by atoms with Crippen molar-refractivity contribution in [3.8, 4) is 5.75 Å². The average Bonchev–Trinajstić information content (AvgIpc) is 2.76. The Morgan fingerprint density at radius 1 is 1.50 bits per heavy atom. The summed E-state index contributed by atoms with van der Waals surface area (Å²) in [5.74, 6) is -1.05. The molecule has 1 amide bonds. The first-order valence-electron chi connectivity index (χ1n) is 5.94. The van der Waals surface area contributed by atoms with Crippen LogP contribution in [0.25, 0.3) is 0 Å². The molecular weight excluding hydrogens is 237 g/mol. The number of benzene rings is 1. The van der Waals surface area contributed by atoms with Gasteiger partial charge < -0.3 is 15.2 Å². The number of carbonyl (C=O) groups excluding carboxylic acids is 1. The van der Waals surface area contributed by atoms with Crippen LogP contribution in [-0.4, -0.2) is 24.2 Å². The maximum absolute atomic E-state index is 13.4. The molecule has 0 spiro atoms. The molecule has 0 heterocycles. The summed E-state index contributed by atoms with van der Waals surface area (Å²) in [6.45, 7) is 0. The molecule has 1 aromatic rings. The summed E-state index contributed by atoms with van der Waals surface area (Å²) in [5, 5.41) is 12.2. The Morgan fingerprint density at radius 2 is 2.28 bits per heavy atom. The Morgan fingerprint density at radius 3 is 2.83 bits per heavy atom. The van der Waals surface area contributed by atoms with Crippen LogP contribution in [-0.2, 0) is 4.79 Å². The molecule has 0 aliphatic heterocycles. The van der Waals surface area contributed by atoms with Crippen LogP contribution in [0.2, 0.25) is 0 Å². The maximum Gasteiger partial charge on any atom is 0.230 e. The largest absolute Gasteiger partial charge is 0.494 e. The number of aliphatic hydroxyl groups excluding tert-OH is 1. The van der Waals surface area contributed by atoms with E-state index in [1.54, 1.807) is 6.07 Å². The normalized spacial score (nSPS) is 22.8. The zero-order valence-corrected chi connectivity index (χ0v) is 10.1. The summed E-state index contributed by atoms with van der Waals surface area (Å²) in [7, 11) is 1.38. The van der Waals surface area contributed by atoms with E-state index in [1.807, 2.05) is 0 Å². The Bertz CT molecular complexity index is 450. The van der Waals surface area contributed by atoms with Crippen LogP contribution in [0, 0.1) is 11.7 Å². The predicted molar refractivity (Wildman–Crippen MR) is 64.9 cm³/mol. The molecular formula is C13H16FNO3. The molecule has 0 bridgehead atoms. The zero-order chi connectivity index (χ0) is 13.1. The van der Waals surface area contributed by atoms with Crippen LogP contribution in [0.5, 0.6) is 5.75 Å². The van der Waals surface area contributed by atoms with Crippen molar-refractivity contribution in [2.75, 3.05) is 12.4 Å². The number of anilines is 1. The number of hydrogen-bond acceptors (Lipinski definition) is 3. The lowest BCUT2D eigenvalue weighted by Gasteiger charge is -2.14. The van der Waals surface area contributed by atoms with Gasteiger partial charge in [-0.25, -0.2) is 4.39 Å². The fraction of sp³-hybridized carbons (Fsp3) is 0.462. The molecule has 1 saturated carbocycles. The summed E-state index contributed by atoms with van der Waals surface area (Å²) in [6, 6.07) is 4.23. The Kier molecular flexibility index (Phi) is 3.81. The van der Waals surface area contributed by atoms with Gasteiger partial charge in [-0.15, -0.1) is 0 Å². The van der Waals surface area contributed by atoms with Gasteiger partial charge in [-0.2, -0.15) is 0 Å². The number of rotatable bonds is 3. The highest BCUT2D eigenvalue weighted by atomic mass is 19.1. The molecule has 0 saturated heterocycles. The SMILES string of the molecule is COc1ccc(NC(=O)C2CCCC2O)cc1F. The molecule has 0 aromatic heterocycles. The van der Waals surface area contributed by atoms with Gasteiger partial charge in [-0.3, -0.25) is 4.79 Å². The molecule has 1 aromatic carbocycles. The number of methoxy groups -OCH3 is 1. The minimum absolute atomic E-state index is 0.133. The van der Waals surface area contributed by atoms with Crippen molar-refractivity contribution in [3.05, 3.63) is 24.0 Å². The van der Waals surface area contributed by atoms with E-state index in [4.69, 9.17) is 4.74 Å². The Balaban J connectivity index is 2.05. The second-order valence-electron chi connectivity index (χ2n) is 4.44. The maximum atomic E-state index is 13.4. The summed E-state index contributed by atoms with van der Waals surface area (Å²) in [5.41, 5.74) is 0.373. The lowest BCUT2D eigenvalue weighted by Crippen LogP contribution is -2.28. The molecule has 5 heteroatoms. The molecule has 18 heavy (non-hydrogen) atoms. The van der Waals surface area contributed by atoms with Crippen molar-refractivity contribution < 1.29 is 19.0 Å². The monoisotopic (exact) mass is 253 g/mol. The van der Waals surface area contributed by atoms with Gasteiger partial charge in [0, 0.05) is 11.8 Å². The van der Waals surface area contributed by atoms with Crippen LogP contribution in [0.15, 0.2) is 18.2 Å². The van der Waals surface area contributed by atoms with Gasteiger partial charge >= 0.3 is 0 Å². The number of hydrogen-bond donors (Lipinski definition) is 2. The first kappa shape index (κ1) is 12.8. The summed E-state index contributed by atoms with van der Waals surface area (Å²) < 4.78 is 18.2. The smallest absolute Gasteiger partial charge is 0.230 e. The number of carbonyl (C=O) groups is 1. The molecule has 1 fully saturated rings. The summed E-state index contributed by atoms with van der Waals surface area (Å²) in [6.07, 6.45) is 1.57. The lowest BCUT2D eigenvalue weighted by molar-refractivity contribution is -0.122. The van der Waals surface area contributed by atoms with Crippen LogP contribution in [0.1, 0.15) is 19.3 Å². The van der Waals surface area contributed by atoms with Crippen molar-refractivity contribution in [1.82, 2.24) is 0 Å². The van der Waals surface area contributed by atoms with Crippen molar-refractivity contribution >= 4 is 11.6 Å². The van der Waals surface area contributed by atoms with Crippen molar-refractivity contribution in [3.63, 3.8) is 0 Å². The number of halogens is 1. The molecule has 1 aliphatic rings. The van der Waals surface area contributed by atoms with Gasteiger partial charge in [0.05, 0.1) is 19.1 Å². The van der Waals surface area contributed by atoms with E-state index in [9.17, 15) is 14.3 Å². The molecule has 98 valence electrons. The Labute approximate surface area is 105 Å². The van der Waals surface area contributed by atoms with Crippen molar-refractivity contribution in [2.45, 2.75) is 25.4 Å². The molecule has 2 N–H and O–H groups in total. The lowest BCUT2D eigenvalue weighted by atomic mass is 10.1. The third kappa shape index (κ3) is 2.61. The van der Waals surface area contributed by atoms with E-state index >= 15 is 0 Å². The van der Waals surface area contributed by atoms with Gasteiger partial charge in [0.1, 0.15) is 0 Å². The van der Waals surface area contributed by atoms with Gasteiger partial charge in [-0.05, 0) is 31.4 Å². The highest BCUT2D eigenvalue weighted by Crippen LogP contribution is 2.27. The highest BCUT2D eigenvalue weighted by molar-refractivity contribution is 5.93. The number of nitrogens with one attached hydrogen (secondary N) is 1. The van der Waals surface area contributed by atoms with E-state index in [0.717, 1.165) is 6.42 Å². The molecule has 2 unspecified atom stereocenters. The van der Waals surface area contributed by atoms with Crippen LogP contribution >= 0.6 is 0 Å². The Hall–Kier alpha value is -1.62. The molecule has 0 radical (unpaired) electrons. The second-order valence-corrected chi connectivity index (χ2v) is 4.44.